The fourth-order valence-electron chi connectivity index (χ4n) is 1.90. The van der Waals surface area contributed by atoms with Gasteiger partial charge in [0.1, 0.15) is 4.88 Å². The summed E-state index contributed by atoms with van der Waals surface area (Å²) in [5, 5.41) is 3.68. The lowest BCUT2D eigenvalue weighted by Gasteiger charge is -2.18. The number of esters is 1. The van der Waals surface area contributed by atoms with Gasteiger partial charge in [0, 0.05) is 14.1 Å². The second kappa shape index (κ2) is 6.57. The summed E-state index contributed by atoms with van der Waals surface area (Å²) in [5.41, 5.74) is 1.77. The minimum atomic E-state index is -0.418. The van der Waals surface area contributed by atoms with Crippen molar-refractivity contribution < 1.29 is 14.3 Å². The van der Waals surface area contributed by atoms with Crippen LogP contribution in [0.3, 0.4) is 0 Å². The van der Waals surface area contributed by atoms with Gasteiger partial charge in [-0.25, -0.2) is 9.78 Å². The van der Waals surface area contributed by atoms with E-state index in [4.69, 9.17) is 4.74 Å². The average molecular weight is 319 g/mol. The van der Waals surface area contributed by atoms with Gasteiger partial charge >= 0.3 is 5.97 Å². The Morgan fingerprint density at radius 3 is 2.59 bits per heavy atom. The van der Waals surface area contributed by atoms with E-state index in [1.807, 2.05) is 25.9 Å². The van der Waals surface area contributed by atoms with E-state index in [0.717, 1.165) is 10.7 Å². The summed E-state index contributed by atoms with van der Waals surface area (Å²) >= 11 is 1.33. The van der Waals surface area contributed by atoms with Crippen molar-refractivity contribution in [3.05, 3.63) is 39.8 Å². The predicted octanol–water partition coefficient (Wildman–Crippen LogP) is 2.56. The zero-order valence-electron chi connectivity index (χ0n) is 12.8. The molecule has 7 heteroatoms. The van der Waals surface area contributed by atoms with Gasteiger partial charge in [0.25, 0.3) is 5.91 Å². The van der Waals surface area contributed by atoms with Crippen LogP contribution in [-0.4, -0.2) is 38.1 Å². The summed E-state index contributed by atoms with van der Waals surface area (Å²) in [7, 11) is 5.01. The van der Waals surface area contributed by atoms with Crippen molar-refractivity contribution >= 4 is 34.6 Å². The molecule has 0 unspecified atom stereocenters. The summed E-state index contributed by atoms with van der Waals surface area (Å²) in [6.45, 7) is 1.85. The van der Waals surface area contributed by atoms with Crippen LogP contribution in [0.15, 0.2) is 24.4 Å². The van der Waals surface area contributed by atoms with E-state index in [0.29, 0.717) is 16.1 Å². The number of aromatic nitrogens is 1. The Morgan fingerprint density at radius 1 is 1.32 bits per heavy atom. The molecule has 0 aliphatic heterocycles. The van der Waals surface area contributed by atoms with E-state index in [2.05, 4.69) is 10.3 Å². The number of carbonyl (C=O) groups excluding carboxylic acids is 2. The summed E-state index contributed by atoms with van der Waals surface area (Å²) in [6, 6.07) is 4.99. The van der Waals surface area contributed by atoms with Crippen LogP contribution in [0, 0.1) is 6.92 Å². The normalized spacial score (nSPS) is 10.2. The van der Waals surface area contributed by atoms with Crippen molar-refractivity contribution in [3.8, 4) is 0 Å². The van der Waals surface area contributed by atoms with E-state index < -0.39 is 5.97 Å². The second-order valence-corrected chi connectivity index (χ2v) is 6.05. The Morgan fingerprint density at radius 2 is 2.05 bits per heavy atom. The van der Waals surface area contributed by atoms with Gasteiger partial charge in [-0.2, -0.15) is 0 Å². The van der Waals surface area contributed by atoms with Gasteiger partial charge in [-0.1, -0.05) is 0 Å². The lowest BCUT2D eigenvalue weighted by molar-refractivity contribution is 0.0600. The molecular weight excluding hydrogens is 302 g/mol. The number of nitrogens with one attached hydrogen (secondary N) is 1. The van der Waals surface area contributed by atoms with Gasteiger partial charge in [0.05, 0.1) is 35.3 Å². The zero-order chi connectivity index (χ0) is 16.3. The molecule has 1 aromatic heterocycles. The number of anilines is 2. The van der Waals surface area contributed by atoms with Gasteiger partial charge in [0.15, 0.2) is 0 Å². The highest BCUT2D eigenvalue weighted by Gasteiger charge is 2.15. The minimum absolute atomic E-state index is 0.223. The van der Waals surface area contributed by atoms with Crippen LogP contribution in [0.4, 0.5) is 11.4 Å². The van der Waals surface area contributed by atoms with Crippen molar-refractivity contribution in [2.75, 3.05) is 31.4 Å². The van der Waals surface area contributed by atoms with Crippen molar-refractivity contribution in [2.45, 2.75) is 6.92 Å². The highest BCUT2D eigenvalue weighted by atomic mass is 32.1. The number of ether oxygens (including phenoxy) is 1. The molecule has 1 N–H and O–H groups in total. The number of rotatable bonds is 4. The Bertz CT molecular complexity index is 710. The number of hydrogen-bond acceptors (Lipinski definition) is 6. The van der Waals surface area contributed by atoms with Crippen LogP contribution >= 0.6 is 11.3 Å². The number of thiazole rings is 1. The first-order valence-corrected chi connectivity index (χ1v) is 7.37. The van der Waals surface area contributed by atoms with Crippen LogP contribution in [0.2, 0.25) is 0 Å². The lowest BCUT2D eigenvalue weighted by Crippen LogP contribution is -2.17. The molecule has 0 fully saturated rings. The van der Waals surface area contributed by atoms with Gasteiger partial charge in [0.2, 0.25) is 0 Å². The standard InChI is InChI=1S/C15H17N3O3S/c1-9-16-8-13(22-9)14(19)17-11-6-5-10(15(20)21-4)7-12(11)18(2)3/h5-8H,1-4H3,(H,17,19). The van der Waals surface area contributed by atoms with Gasteiger partial charge in [-0.15, -0.1) is 11.3 Å². The Hall–Kier alpha value is -2.41. The first kappa shape index (κ1) is 16.0. The number of hydrogen-bond donors (Lipinski definition) is 1. The molecule has 0 bridgehead atoms. The first-order valence-electron chi connectivity index (χ1n) is 6.56. The monoisotopic (exact) mass is 319 g/mol. The van der Waals surface area contributed by atoms with Crippen LogP contribution in [0.1, 0.15) is 25.0 Å². The molecule has 0 saturated heterocycles. The van der Waals surface area contributed by atoms with E-state index in [-0.39, 0.29) is 5.91 Å². The van der Waals surface area contributed by atoms with E-state index in [1.165, 1.54) is 18.4 Å². The Balaban J connectivity index is 2.30. The van der Waals surface area contributed by atoms with Crippen LogP contribution < -0.4 is 10.2 Å². The number of carbonyl (C=O) groups is 2. The number of methoxy groups -OCH3 is 1. The maximum absolute atomic E-state index is 12.2. The van der Waals surface area contributed by atoms with Gasteiger partial charge < -0.3 is 15.0 Å². The second-order valence-electron chi connectivity index (χ2n) is 4.82. The molecule has 0 radical (unpaired) electrons. The quantitative estimate of drug-likeness (QED) is 0.877. The SMILES string of the molecule is COC(=O)c1ccc(NC(=O)c2cnc(C)s2)c(N(C)C)c1. The van der Waals surface area contributed by atoms with E-state index in [9.17, 15) is 9.59 Å². The Kier molecular flexibility index (Phi) is 4.77. The van der Waals surface area contributed by atoms with E-state index >= 15 is 0 Å². The summed E-state index contributed by atoms with van der Waals surface area (Å²) < 4.78 is 4.71. The van der Waals surface area contributed by atoms with Crippen molar-refractivity contribution in [3.63, 3.8) is 0 Å². The molecule has 0 atom stereocenters. The third-order valence-corrected chi connectivity index (χ3v) is 3.91. The molecule has 6 nitrogen and oxygen atoms in total. The molecule has 1 aromatic carbocycles. The zero-order valence-corrected chi connectivity index (χ0v) is 13.7. The van der Waals surface area contributed by atoms with Crippen LogP contribution in [-0.2, 0) is 4.74 Å². The molecule has 1 amide bonds. The molecular formula is C15H17N3O3S. The highest BCUT2D eigenvalue weighted by molar-refractivity contribution is 7.13. The number of aryl methyl sites for hydroxylation is 1. The molecule has 0 saturated carbocycles. The van der Waals surface area contributed by atoms with Crippen molar-refractivity contribution in [2.24, 2.45) is 0 Å². The number of amides is 1. The third-order valence-electron chi connectivity index (χ3n) is 2.99. The Labute approximate surface area is 132 Å². The minimum Gasteiger partial charge on any atom is -0.465 e. The van der Waals surface area contributed by atoms with Gasteiger partial charge in [-0.3, -0.25) is 4.79 Å². The fraction of sp³-hybridized carbons (Fsp3) is 0.267. The lowest BCUT2D eigenvalue weighted by atomic mass is 10.1. The molecule has 2 rings (SSSR count). The molecule has 2 aromatic rings. The molecule has 116 valence electrons. The summed E-state index contributed by atoms with van der Waals surface area (Å²) in [6.07, 6.45) is 1.55. The number of nitrogens with zero attached hydrogens (tertiary/aromatic N) is 2. The molecule has 22 heavy (non-hydrogen) atoms. The average Bonchev–Trinajstić information content (AvgIpc) is 2.93. The predicted molar refractivity (Wildman–Crippen MR) is 86.9 cm³/mol. The molecule has 0 aliphatic carbocycles. The van der Waals surface area contributed by atoms with Crippen LogP contribution in [0.5, 0.6) is 0 Å². The molecule has 0 aliphatic rings. The first-order chi connectivity index (χ1) is 10.4. The summed E-state index contributed by atoms with van der Waals surface area (Å²) in [5.74, 6) is -0.640. The maximum Gasteiger partial charge on any atom is 0.337 e. The van der Waals surface area contributed by atoms with Gasteiger partial charge in [-0.05, 0) is 25.1 Å². The third kappa shape index (κ3) is 3.43. The van der Waals surface area contributed by atoms with Crippen LogP contribution in [0.25, 0.3) is 0 Å². The van der Waals surface area contributed by atoms with Crippen molar-refractivity contribution in [1.29, 1.82) is 0 Å². The maximum atomic E-state index is 12.2. The molecule has 1 heterocycles. The molecule has 0 spiro atoms. The largest absolute Gasteiger partial charge is 0.465 e. The van der Waals surface area contributed by atoms with E-state index in [1.54, 1.807) is 24.4 Å². The smallest absolute Gasteiger partial charge is 0.337 e. The topological polar surface area (TPSA) is 71.5 Å². The highest BCUT2D eigenvalue weighted by Crippen LogP contribution is 2.27. The summed E-state index contributed by atoms with van der Waals surface area (Å²) in [4.78, 5) is 30.3. The fourth-order valence-corrected chi connectivity index (χ4v) is 2.58. The van der Waals surface area contributed by atoms with Crippen molar-refractivity contribution in [1.82, 2.24) is 4.98 Å². The number of benzene rings is 1.